The molecule has 1 aromatic rings. The van der Waals surface area contributed by atoms with E-state index < -0.39 is 9.84 Å². The van der Waals surface area contributed by atoms with E-state index in [1.165, 1.54) is 4.90 Å². The van der Waals surface area contributed by atoms with Crippen LogP contribution in [0.15, 0.2) is 24.3 Å². The van der Waals surface area contributed by atoms with E-state index in [0.29, 0.717) is 19.6 Å². The lowest BCUT2D eigenvalue weighted by Crippen LogP contribution is -2.61. The van der Waals surface area contributed by atoms with Gasteiger partial charge in [-0.2, -0.15) is 0 Å². The molecular formula is C17H25N3O4S. The molecule has 2 atom stereocenters. The molecule has 8 heteroatoms. The van der Waals surface area contributed by atoms with Crippen LogP contribution >= 0.6 is 0 Å². The molecular weight excluding hydrogens is 342 g/mol. The lowest BCUT2D eigenvalue weighted by atomic mass is 10.0. The Hall–Kier alpha value is -1.80. The first-order valence-electron chi connectivity index (χ1n) is 8.36. The zero-order valence-electron chi connectivity index (χ0n) is 14.9. The van der Waals surface area contributed by atoms with Crippen molar-refractivity contribution in [1.82, 2.24) is 14.7 Å². The van der Waals surface area contributed by atoms with Crippen LogP contribution in [0.3, 0.4) is 0 Å². The second-order valence-electron chi connectivity index (χ2n) is 6.90. The van der Waals surface area contributed by atoms with Gasteiger partial charge < -0.3 is 14.5 Å². The van der Waals surface area contributed by atoms with Crippen molar-refractivity contribution in [3.63, 3.8) is 0 Å². The fourth-order valence-corrected chi connectivity index (χ4v) is 5.73. The monoisotopic (exact) mass is 367 g/mol. The first kappa shape index (κ1) is 18.0. The third kappa shape index (κ3) is 3.74. The number of fused-ring (bicyclic) bond motifs is 1. The molecule has 138 valence electrons. The number of carbonyl (C=O) groups is 1. The maximum absolute atomic E-state index is 12.4. The molecule has 0 bridgehead atoms. The number of hydrogen-bond acceptors (Lipinski definition) is 5. The van der Waals surface area contributed by atoms with Crippen LogP contribution in [0, 0.1) is 0 Å². The Morgan fingerprint density at radius 3 is 2.64 bits per heavy atom. The SMILES string of the molecule is COc1cccc(CN2CCN(C(=O)N(C)C)[C@H]3CS(=O)(=O)C[C@H]32)c1. The van der Waals surface area contributed by atoms with Crippen LogP contribution in [0.2, 0.25) is 0 Å². The van der Waals surface area contributed by atoms with Crippen LogP contribution < -0.4 is 4.74 Å². The minimum Gasteiger partial charge on any atom is -0.497 e. The summed E-state index contributed by atoms with van der Waals surface area (Å²) >= 11 is 0. The average Bonchev–Trinajstić information content (AvgIpc) is 2.90. The highest BCUT2D eigenvalue weighted by Crippen LogP contribution is 2.29. The molecule has 2 aliphatic heterocycles. The predicted molar refractivity (Wildman–Crippen MR) is 95.4 cm³/mol. The van der Waals surface area contributed by atoms with Gasteiger partial charge in [0, 0.05) is 39.8 Å². The highest BCUT2D eigenvalue weighted by atomic mass is 32.2. The van der Waals surface area contributed by atoms with Crippen molar-refractivity contribution in [2.24, 2.45) is 0 Å². The Morgan fingerprint density at radius 2 is 1.96 bits per heavy atom. The van der Waals surface area contributed by atoms with E-state index >= 15 is 0 Å². The fraction of sp³-hybridized carbons (Fsp3) is 0.588. The molecule has 0 aliphatic carbocycles. The van der Waals surface area contributed by atoms with Crippen LogP contribution in [0.4, 0.5) is 4.79 Å². The number of rotatable bonds is 3. The Kier molecular flexibility index (Phi) is 4.92. The largest absolute Gasteiger partial charge is 0.497 e. The third-order valence-corrected chi connectivity index (χ3v) is 6.64. The number of benzene rings is 1. The third-order valence-electron chi connectivity index (χ3n) is 4.94. The fourth-order valence-electron chi connectivity index (χ4n) is 3.72. The second-order valence-corrected chi connectivity index (χ2v) is 9.06. The summed E-state index contributed by atoms with van der Waals surface area (Å²) in [5.74, 6) is 0.944. The van der Waals surface area contributed by atoms with Crippen molar-refractivity contribution < 1.29 is 17.9 Å². The van der Waals surface area contributed by atoms with Gasteiger partial charge in [0.25, 0.3) is 0 Å². The van der Waals surface area contributed by atoms with Gasteiger partial charge in [-0.05, 0) is 17.7 Å². The van der Waals surface area contributed by atoms with Gasteiger partial charge in [0.15, 0.2) is 9.84 Å². The quantitative estimate of drug-likeness (QED) is 0.785. The van der Waals surface area contributed by atoms with Crippen LogP contribution in [0.1, 0.15) is 5.56 Å². The van der Waals surface area contributed by atoms with Crippen molar-refractivity contribution in [2.75, 3.05) is 45.8 Å². The van der Waals surface area contributed by atoms with Crippen molar-refractivity contribution >= 4 is 15.9 Å². The second kappa shape index (κ2) is 6.84. The number of ether oxygens (including phenoxy) is 1. The number of sulfone groups is 1. The lowest BCUT2D eigenvalue weighted by Gasteiger charge is -2.44. The Morgan fingerprint density at radius 1 is 1.24 bits per heavy atom. The van der Waals surface area contributed by atoms with E-state index in [2.05, 4.69) is 4.90 Å². The number of carbonyl (C=O) groups excluding carboxylic acids is 1. The molecule has 0 saturated carbocycles. The Balaban J connectivity index is 1.82. The summed E-state index contributed by atoms with van der Waals surface area (Å²) in [6, 6.07) is 7.25. The highest BCUT2D eigenvalue weighted by molar-refractivity contribution is 7.91. The van der Waals surface area contributed by atoms with E-state index in [1.54, 1.807) is 26.1 Å². The Labute approximate surface area is 149 Å². The van der Waals surface area contributed by atoms with E-state index in [4.69, 9.17) is 4.74 Å². The first-order valence-corrected chi connectivity index (χ1v) is 10.2. The number of methoxy groups -OCH3 is 1. The molecule has 2 fully saturated rings. The highest BCUT2D eigenvalue weighted by Gasteiger charge is 2.48. The van der Waals surface area contributed by atoms with Crippen molar-refractivity contribution in [1.29, 1.82) is 0 Å². The first-order chi connectivity index (χ1) is 11.8. The van der Waals surface area contributed by atoms with Crippen LogP contribution in [0.5, 0.6) is 5.75 Å². The summed E-state index contributed by atoms with van der Waals surface area (Å²) in [4.78, 5) is 17.8. The molecule has 0 N–H and O–H groups in total. The van der Waals surface area contributed by atoms with E-state index in [-0.39, 0.29) is 29.6 Å². The standard InChI is InChI=1S/C17H25N3O4S/c1-18(2)17(21)20-8-7-19(15-11-25(22,23)12-16(15)20)10-13-5-4-6-14(9-13)24-3/h4-6,9,15-16H,7-8,10-12H2,1-3H3/t15-,16+/m1/s1. The van der Waals surface area contributed by atoms with Crippen molar-refractivity contribution in [3.8, 4) is 5.75 Å². The van der Waals surface area contributed by atoms with Gasteiger partial charge in [-0.25, -0.2) is 13.2 Å². The molecule has 3 rings (SSSR count). The van der Waals surface area contributed by atoms with E-state index in [1.807, 2.05) is 24.3 Å². The molecule has 2 amide bonds. The molecule has 25 heavy (non-hydrogen) atoms. The number of urea groups is 1. The van der Waals surface area contributed by atoms with E-state index in [9.17, 15) is 13.2 Å². The summed E-state index contributed by atoms with van der Waals surface area (Å²) in [5.41, 5.74) is 1.08. The molecule has 0 radical (unpaired) electrons. The molecule has 0 spiro atoms. The molecule has 2 aliphatic rings. The minimum atomic E-state index is -3.14. The van der Waals surface area contributed by atoms with Crippen molar-refractivity contribution in [3.05, 3.63) is 29.8 Å². The van der Waals surface area contributed by atoms with Crippen LogP contribution in [0.25, 0.3) is 0 Å². The van der Waals surface area contributed by atoms with Gasteiger partial charge in [-0.3, -0.25) is 4.90 Å². The lowest BCUT2D eigenvalue weighted by molar-refractivity contribution is 0.0520. The Bertz CT molecular complexity index is 750. The molecule has 2 heterocycles. The number of nitrogens with zero attached hydrogens (tertiary/aromatic N) is 3. The van der Waals surface area contributed by atoms with E-state index in [0.717, 1.165) is 11.3 Å². The predicted octanol–water partition coefficient (Wildman–Crippen LogP) is 0.660. The normalized spacial score (nSPS) is 25.5. The topological polar surface area (TPSA) is 70.2 Å². The summed E-state index contributed by atoms with van der Waals surface area (Å²) < 4.78 is 29.7. The van der Waals surface area contributed by atoms with Gasteiger partial charge >= 0.3 is 6.03 Å². The summed E-state index contributed by atoms with van der Waals surface area (Å²) in [5, 5.41) is 0. The molecule has 0 aromatic heterocycles. The minimum absolute atomic E-state index is 0.0475. The zero-order valence-corrected chi connectivity index (χ0v) is 15.7. The van der Waals surface area contributed by atoms with Gasteiger partial charge in [-0.1, -0.05) is 12.1 Å². The molecule has 0 unspecified atom stereocenters. The molecule has 1 aromatic carbocycles. The maximum Gasteiger partial charge on any atom is 0.319 e. The molecule has 7 nitrogen and oxygen atoms in total. The smallest absolute Gasteiger partial charge is 0.319 e. The number of piperazine rings is 1. The zero-order chi connectivity index (χ0) is 18.2. The van der Waals surface area contributed by atoms with Gasteiger partial charge in [0.2, 0.25) is 0 Å². The van der Waals surface area contributed by atoms with Crippen molar-refractivity contribution in [2.45, 2.75) is 18.6 Å². The maximum atomic E-state index is 12.4. The van der Waals surface area contributed by atoms with Crippen LogP contribution in [-0.4, -0.2) is 87.0 Å². The molecule has 2 saturated heterocycles. The van der Waals surface area contributed by atoms with Gasteiger partial charge in [0.05, 0.1) is 24.7 Å². The van der Waals surface area contributed by atoms with Gasteiger partial charge in [-0.15, -0.1) is 0 Å². The van der Waals surface area contributed by atoms with Crippen LogP contribution in [-0.2, 0) is 16.4 Å². The number of hydrogen-bond donors (Lipinski definition) is 0. The average molecular weight is 367 g/mol. The number of amides is 2. The van der Waals surface area contributed by atoms with Gasteiger partial charge in [0.1, 0.15) is 5.75 Å². The summed E-state index contributed by atoms with van der Waals surface area (Å²) in [7, 11) is 1.89. The summed E-state index contributed by atoms with van der Waals surface area (Å²) in [6.07, 6.45) is 0. The summed E-state index contributed by atoms with van der Waals surface area (Å²) in [6.45, 7) is 1.85.